The van der Waals surface area contributed by atoms with Gasteiger partial charge in [0.05, 0.1) is 18.1 Å². The Morgan fingerprint density at radius 1 is 1.31 bits per heavy atom. The summed E-state index contributed by atoms with van der Waals surface area (Å²) < 4.78 is 0. The smallest absolute Gasteiger partial charge is 0.141 e. The molecule has 0 aliphatic carbocycles. The van der Waals surface area contributed by atoms with Crippen molar-refractivity contribution in [2.45, 2.75) is 19.4 Å². The van der Waals surface area contributed by atoms with Crippen LogP contribution in [0.25, 0.3) is 0 Å². The third-order valence-corrected chi connectivity index (χ3v) is 3.08. The van der Waals surface area contributed by atoms with E-state index in [-0.39, 0.29) is 0 Å². The van der Waals surface area contributed by atoms with Crippen molar-refractivity contribution < 1.29 is 5.11 Å². The van der Waals surface area contributed by atoms with Crippen LogP contribution in [0.15, 0.2) is 12.4 Å². The summed E-state index contributed by atoms with van der Waals surface area (Å²) >= 11 is 0. The predicted molar refractivity (Wildman–Crippen MR) is 61.5 cm³/mol. The van der Waals surface area contributed by atoms with Crippen molar-refractivity contribution in [3.63, 3.8) is 0 Å². The topological polar surface area (TPSA) is 75.3 Å². The highest BCUT2D eigenvalue weighted by molar-refractivity contribution is 5.22. The Morgan fingerprint density at radius 3 is 2.62 bits per heavy atom. The van der Waals surface area contributed by atoms with Crippen LogP contribution < -0.4 is 5.73 Å². The lowest BCUT2D eigenvalue weighted by atomic mass is 9.98. The number of likely N-dealkylation sites (tertiary alicyclic amines) is 1. The largest absolute Gasteiger partial charge is 0.396 e. The summed E-state index contributed by atoms with van der Waals surface area (Å²) in [6, 6.07) is 0. The van der Waals surface area contributed by atoms with Gasteiger partial charge in [0.15, 0.2) is 0 Å². The number of aromatic nitrogens is 2. The van der Waals surface area contributed by atoms with E-state index in [2.05, 4.69) is 14.9 Å². The van der Waals surface area contributed by atoms with Gasteiger partial charge in [-0.05, 0) is 31.8 Å². The molecule has 0 radical (unpaired) electrons. The number of anilines is 1. The van der Waals surface area contributed by atoms with E-state index in [1.807, 2.05) is 0 Å². The van der Waals surface area contributed by atoms with Gasteiger partial charge in [0.25, 0.3) is 0 Å². The van der Waals surface area contributed by atoms with Crippen molar-refractivity contribution in [3.05, 3.63) is 18.1 Å². The second-order valence-corrected chi connectivity index (χ2v) is 4.33. The van der Waals surface area contributed by atoms with E-state index >= 15 is 0 Å². The number of hydrogen-bond donors (Lipinski definition) is 2. The van der Waals surface area contributed by atoms with Crippen LogP contribution in [-0.4, -0.2) is 39.7 Å². The summed E-state index contributed by atoms with van der Waals surface area (Å²) in [4.78, 5) is 10.6. The fraction of sp³-hybridized carbons (Fsp3) is 0.636. The molecule has 0 spiro atoms. The van der Waals surface area contributed by atoms with Crippen LogP contribution >= 0.6 is 0 Å². The lowest BCUT2D eigenvalue weighted by Gasteiger charge is -2.30. The third kappa shape index (κ3) is 2.90. The maximum absolute atomic E-state index is 9.04. The number of nitrogens with zero attached hydrogens (tertiary/aromatic N) is 3. The Balaban J connectivity index is 1.84. The van der Waals surface area contributed by atoms with E-state index in [0.29, 0.717) is 18.3 Å². The molecule has 0 bridgehead atoms. The number of aliphatic hydroxyl groups excluding tert-OH is 1. The van der Waals surface area contributed by atoms with Gasteiger partial charge in [0, 0.05) is 13.2 Å². The van der Waals surface area contributed by atoms with Gasteiger partial charge in [-0.25, -0.2) is 4.98 Å². The molecule has 0 amide bonds. The molecule has 5 heteroatoms. The van der Waals surface area contributed by atoms with Crippen molar-refractivity contribution in [2.75, 3.05) is 25.4 Å². The Morgan fingerprint density at radius 2 is 2.06 bits per heavy atom. The van der Waals surface area contributed by atoms with Crippen molar-refractivity contribution in [3.8, 4) is 0 Å². The number of nitrogen functional groups attached to an aromatic ring is 1. The summed E-state index contributed by atoms with van der Waals surface area (Å²) in [6.07, 6.45) is 5.46. The Labute approximate surface area is 95.3 Å². The zero-order valence-corrected chi connectivity index (χ0v) is 9.34. The minimum Gasteiger partial charge on any atom is -0.396 e. The van der Waals surface area contributed by atoms with Crippen LogP contribution in [-0.2, 0) is 6.54 Å². The summed E-state index contributed by atoms with van der Waals surface area (Å²) in [5, 5.41) is 9.04. The Kier molecular flexibility index (Phi) is 3.69. The molecule has 5 nitrogen and oxygen atoms in total. The number of aliphatic hydroxyl groups is 1. The molecule has 1 aromatic heterocycles. The second-order valence-electron chi connectivity index (χ2n) is 4.33. The highest BCUT2D eigenvalue weighted by atomic mass is 16.3. The summed E-state index contributed by atoms with van der Waals surface area (Å²) in [6.45, 7) is 3.19. The van der Waals surface area contributed by atoms with E-state index in [9.17, 15) is 0 Å². The fourth-order valence-corrected chi connectivity index (χ4v) is 2.00. The summed E-state index contributed by atoms with van der Waals surface area (Å²) in [5.74, 6) is 0.941. The van der Waals surface area contributed by atoms with Gasteiger partial charge in [-0.3, -0.25) is 9.88 Å². The Hall–Kier alpha value is -1.20. The Bertz CT molecular complexity index is 319. The van der Waals surface area contributed by atoms with E-state index in [4.69, 9.17) is 10.8 Å². The number of rotatable bonds is 3. The maximum atomic E-state index is 9.04. The molecular weight excluding hydrogens is 204 g/mol. The summed E-state index contributed by atoms with van der Waals surface area (Å²) in [5.41, 5.74) is 6.44. The third-order valence-electron chi connectivity index (χ3n) is 3.08. The molecule has 0 saturated carbocycles. The van der Waals surface area contributed by atoms with Gasteiger partial charge < -0.3 is 10.8 Å². The van der Waals surface area contributed by atoms with Gasteiger partial charge in [0.1, 0.15) is 5.82 Å². The first-order valence-corrected chi connectivity index (χ1v) is 5.67. The molecule has 1 aromatic rings. The molecule has 0 unspecified atom stereocenters. The lowest BCUT2D eigenvalue weighted by Crippen LogP contribution is -2.34. The van der Waals surface area contributed by atoms with Crippen LogP contribution in [0.3, 0.4) is 0 Å². The molecule has 1 aliphatic rings. The van der Waals surface area contributed by atoms with Gasteiger partial charge in [0.2, 0.25) is 0 Å². The van der Waals surface area contributed by atoms with Crippen LogP contribution in [0.5, 0.6) is 0 Å². The van der Waals surface area contributed by atoms with Gasteiger partial charge >= 0.3 is 0 Å². The van der Waals surface area contributed by atoms with Crippen LogP contribution in [0, 0.1) is 5.92 Å². The molecule has 1 aliphatic heterocycles. The fourth-order valence-electron chi connectivity index (χ4n) is 2.00. The first-order valence-electron chi connectivity index (χ1n) is 5.67. The first-order chi connectivity index (χ1) is 7.78. The minimum atomic E-state index is 0.315. The van der Waals surface area contributed by atoms with E-state index in [0.717, 1.165) is 38.2 Å². The van der Waals surface area contributed by atoms with Gasteiger partial charge in [-0.2, -0.15) is 0 Å². The van der Waals surface area contributed by atoms with Crippen molar-refractivity contribution in [1.82, 2.24) is 14.9 Å². The van der Waals surface area contributed by atoms with E-state index in [1.54, 1.807) is 12.4 Å². The van der Waals surface area contributed by atoms with Gasteiger partial charge in [-0.1, -0.05) is 0 Å². The maximum Gasteiger partial charge on any atom is 0.141 e. The quantitative estimate of drug-likeness (QED) is 0.767. The average molecular weight is 222 g/mol. The summed E-state index contributed by atoms with van der Waals surface area (Å²) in [7, 11) is 0. The van der Waals surface area contributed by atoms with E-state index in [1.165, 1.54) is 0 Å². The molecule has 0 aromatic carbocycles. The average Bonchev–Trinajstić information content (AvgIpc) is 2.33. The monoisotopic (exact) mass is 222 g/mol. The highest BCUT2D eigenvalue weighted by Crippen LogP contribution is 2.17. The van der Waals surface area contributed by atoms with Crippen LogP contribution in [0.4, 0.5) is 5.82 Å². The van der Waals surface area contributed by atoms with Crippen molar-refractivity contribution in [1.29, 1.82) is 0 Å². The molecule has 2 heterocycles. The first kappa shape index (κ1) is 11.3. The van der Waals surface area contributed by atoms with Crippen LogP contribution in [0.2, 0.25) is 0 Å². The number of piperidine rings is 1. The van der Waals surface area contributed by atoms with Crippen molar-refractivity contribution in [2.24, 2.45) is 5.92 Å². The molecule has 88 valence electrons. The highest BCUT2D eigenvalue weighted by Gasteiger charge is 2.18. The number of nitrogens with two attached hydrogens (primary N) is 1. The normalized spacial score (nSPS) is 18.8. The molecule has 16 heavy (non-hydrogen) atoms. The SMILES string of the molecule is Nc1cnc(CN2CCC(CO)CC2)cn1. The van der Waals surface area contributed by atoms with E-state index < -0.39 is 0 Å². The molecule has 3 N–H and O–H groups in total. The molecular formula is C11H18N4O. The van der Waals surface area contributed by atoms with Crippen LogP contribution in [0.1, 0.15) is 18.5 Å². The second kappa shape index (κ2) is 5.23. The predicted octanol–water partition coefficient (Wildman–Crippen LogP) is 0.263. The molecule has 1 fully saturated rings. The van der Waals surface area contributed by atoms with Gasteiger partial charge in [-0.15, -0.1) is 0 Å². The zero-order valence-electron chi connectivity index (χ0n) is 9.34. The number of hydrogen-bond acceptors (Lipinski definition) is 5. The zero-order chi connectivity index (χ0) is 11.4. The minimum absolute atomic E-state index is 0.315. The molecule has 1 saturated heterocycles. The molecule has 2 rings (SSSR count). The van der Waals surface area contributed by atoms with Crippen molar-refractivity contribution >= 4 is 5.82 Å². The standard InChI is InChI=1S/C11H18N4O/c12-11-6-13-10(5-14-11)7-15-3-1-9(8-16)2-4-15/h5-6,9,16H,1-4,7-8H2,(H2,12,14). The molecule has 0 atom stereocenters. The lowest BCUT2D eigenvalue weighted by molar-refractivity contribution is 0.126.